The fourth-order valence-corrected chi connectivity index (χ4v) is 1.88. The molecule has 0 saturated heterocycles. The number of halogens is 2. The summed E-state index contributed by atoms with van der Waals surface area (Å²) < 4.78 is 0. The van der Waals surface area contributed by atoms with E-state index in [4.69, 9.17) is 33.4 Å². The van der Waals surface area contributed by atoms with E-state index in [1.807, 2.05) is 13.0 Å². The maximum atomic E-state index is 10.4. The number of hydrogen-bond donors (Lipinski definition) is 3. The molecule has 1 unspecified atom stereocenters. The first-order valence-corrected chi connectivity index (χ1v) is 6.12. The molecule has 1 rings (SSSR count). The number of benzene rings is 1. The van der Waals surface area contributed by atoms with Crippen LogP contribution in [0, 0.1) is 0 Å². The minimum Gasteiger partial charge on any atom is -0.465 e. The van der Waals surface area contributed by atoms with Crippen LogP contribution in [0.4, 0.5) is 4.79 Å². The average molecular weight is 294 g/mol. The van der Waals surface area contributed by atoms with Crippen molar-refractivity contribution < 1.29 is 15.0 Å². The fourth-order valence-electron chi connectivity index (χ4n) is 1.38. The summed E-state index contributed by atoms with van der Waals surface area (Å²) in [5, 5.41) is 19.1. The summed E-state index contributed by atoms with van der Waals surface area (Å²) in [6.45, 7) is 1.82. The van der Waals surface area contributed by atoms with Crippen molar-refractivity contribution in [1.82, 2.24) is 5.32 Å². The molecule has 0 aliphatic carbocycles. The van der Waals surface area contributed by atoms with E-state index in [0.717, 1.165) is 19.1 Å². The summed E-state index contributed by atoms with van der Waals surface area (Å²) in [6, 6.07) is 5.23. The molecule has 0 spiro atoms. The zero-order valence-corrected chi connectivity index (χ0v) is 11.8. The van der Waals surface area contributed by atoms with Crippen LogP contribution in [-0.4, -0.2) is 29.5 Å². The van der Waals surface area contributed by atoms with Gasteiger partial charge in [0.05, 0.1) is 0 Å². The van der Waals surface area contributed by atoms with Gasteiger partial charge in [0.2, 0.25) is 0 Å². The topological polar surface area (TPSA) is 69.6 Å². The summed E-state index contributed by atoms with van der Waals surface area (Å²) in [5.74, 6) is 0. The summed E-state index contributed by atoms with van der Waals surface area (Å²) in [6.07, 6.45) is 0.417. The molecule has 18 heavy (non-hydrogen) atoms. The number of carboxylic acid groups (broad SMARTS) is 1. The standard InChI is InChI=1S/C11H13Cl2NO2.CH4O/c1-7(14-11(15)16)2-3-8-4-5-9(12)6-10(8)13;1-2/h4-7,14H,2-3H2,1H3,(H,15,16);2H,1H3. The Kier molecular flexibility index (Phi) is 8.54. The van der Waals surface area contributed by atoms with Crippen molar-refractivity contribution in [3.8, 4) is 0 Å². The quantitative estimate of drug-likeness (QED) is 0.798. The van der Waals surface area contributed by atoms with Gasteiger partial charge in [-0.05, 0) is 37.5 Å². The Balaban J connectivity index is 0.00000137. The van der Waals surface area contributed by atoms with Gasteiger partial charge in [-0.15, -0.1) is 0 Å². The van der Waals surface area contributed by atoms with E-state index in [0.29, 0.717) is 16.5 Å². The van der Waals surface area contributed by atoms with Crippen molar-refractivity contribution in [2.45, 2.75) is 25.8 Å². The second-order valence-corrected chi connectivity index (χ2v) is 4.47. The number of rotatable bonds is 4. The highest BCUT2D eigenvalue weighted by Crippen LogP contribution is 2.22. The number of nitrogens with one attached hydrogen (secondary N) is 1. The Morgan fingerprint density at radius 2 is 2.00 bits per heavy atom. The molecule has 0 radical (unpaired) electrons. The lowest BCUT2D eigenvalue weighted by molar-refractivity contribution is 0.190. The van der Waals surface area contributed by atoms with Crippen molar-refractivity contribution in [2.24, 2.45) is 0 Å². The second kappa shape index (κ2) is 9.03. The lowest BCUT2D eigenvalue weighted by Gasteiger charge is -2.11. The van der Waals surface area contributed by atoms with Gasteiger partial charge in [-0.1, -0.05) is 29.3 Å². The van der Waals surface area contributed by atoms with Crippen LogP contribution in [0.5, 0.6) is 0 Å². The maximum absolute atomic E-state index is 10.4. The molecule has 0 heterocycles. The zero-order chi connectivity index (χ0) is 14.1. The van der Waals surface area contributed by atoms with E-state index >= 15 is 0 Å². The minimum atomic E-state index is -1.00. The van der Waals surface area contributed by atoms with Crippen molar-refractivity contribution in [3.05, 3.63) is 33.8 Å². The number of aliphatic hydroxyl groups excluding tert-OH is 1. The van der Waals surface area contributed by atoms with Crippen LogP contribution < -0.4 is 5.32 Å². The number of aryl methyl sites for hydroxylation is 1. The summed E-state index contributed by atoms with van der Waals surface area (Å²) in [4.78, 5) is 10.4. The number of aliphatic hydroxyl groups is 1. The summed E-state index contributed by atoms with van der Waals surface area (Å²) in [5.41, 5.74) is 0.977. The predicted molar refractivity (Wildman–Crippen MR) is 73.5 cm³/mol. The van der Waals surface area contributed by atoms with Gasteiger partial charge >= 0.3 is 6.09 Å². The molecular formula is C12H17Cl2NO3. The second-order valence-electron chi connectivity index (χ2n) is 3.62. The van der Waals surface area contributed by atoms with Crippen molar-refractivity contribution in [1.29, 1.82) is 0 Å². The van der Waals surface area contributed by atoms with Gasteiger partial charge in [0, 0.05) is 23.2 Å². The van der Waals surface area contributed by atoms with E-state index in [1.54, 1.807) is 12.1 Å². The Morgan fingerprint density at radius 1 is 1.39 bits per heavy atom. The molecule has 0 aromatic heterocycles. The lowest BCUT2D eigenvalue weighted by Crippen LogP contribution is -2.31. The first-order chi connectivity index (χ1) is 8.49. The normalized spacial score (nSPS) is 11.2. The number of hydrogen-bond acceptors (Lipinski definition) is 2. The van der Waals surface area contributed by atoms with Crippen LogP contribution in [0.1, 0.15) is 18.9 Å². The van der Waals surface area contributed by atoms with E-state index in [2.05, 4.69) is 5.32 Å². The van der Waals surface area contributed by atoms with Gasteiger partial charge in [-0.3, -0.25) is 0 Å². The molecule has 0 aliphatic heterocycles. The monoisotopic (exact) mass is 293 g/mol. The van der Waals surface area contributed by atoms with E-state index in [9.17, 15) is 4.79 Å². The van der Waals surface area contributed by atoms with Crippen molar-refractivity contribution >= 4 is 29.3 Å². The lowest BCUT2D eigenvalue weighted by atomic mass is 10.1. The Morgan fingerprint density at radius 3 is 2.50 bits per heavy atom. The molecule has 0 bridgehead atoms. The van der Waals surface area contributed by atoms with Crippen molar-refractivity contribution in [2.75, 3.05) is 7.11 Å². The van der Waals surface area contributed by atoms with Crippen molar-refractivity contribution in [3.63, 3.8) is 0 Å². The first-order valence-electron chi connectivity index (χ1n) is 5.37. The smallest absolute Gasteiger partial charge is 0.404 e. The molecule has 0 saturated carbocycles. The van der Waals surface area contributed by atoms with Crippen LogP contribution in [0.15, 0.2) is 18.2 Å². The molecule has 1 amide bonds. The van der Waals surface area contributed by atoms with Gasteiger partial charge in [-0.2, -0.15) is 0 Å². The average Bonchev–Trinajstić information content (AvgIpc) is 2.29. The van der Waals surface area contributed by atoms with Gasteiger partial charge in [0.15, 0.2) is 0 Å². The number of carbonyl (C=O) groups is 1. The highest BCUT2D eigenvalue weighted by atomic mass is 35.5. The van der Waals surface area contributed by atoms with Crippen LogP contribution in [0.25, 0.3) is 0 Å². The van der Waals surface area contributed by atoms with E-state index < -0.39 is 6.09 Å². The molecule has 1 aromatic carbocycles. The summed E-state index contributed by atoms with van der Waals surface area (Å²) >= 11 is 11.8. The van der Waals surface area contributed by atoms with Gasteiger partial charge in [0.25, 0.3) is 0 Å². The highest BCUT2D eigenvalue weighted by molar-refractivity contribution is 6.35. The van der Waals surface area contributed by atoms with Crippen LogP contribution in [-0.2, 0) is 6.42 Å². The third-order valence-electron chi connectivity index (χ3n) is 2.23. The van der Waals surface area contributed by atoms with Crippen LogP contribution in [0.3, 0.4) is 0 Å². The van der Waals surface area contributed by atoms with Gasteiger partial charge in [-0.25, -0.2) is 4.79 Å². The zero-order valence-electron chi connectivity index (χ0n) is 10.3. The third kappa shape index (κ3) is 6.69. The van der Waals surface area contributed by atoms with E-state index in [1.165, 1.54) is 0 Å². The predicted octanol–water partition coefficient (Wildman–Crippen LogP) is 3.19. The first kappa shape index (κ1) is 17.0. The van der Waals surface area contributed by atoms with Gasteiger partial charge in [0.1, 0.15) is 0 Å². The minimum absolute atomic E-state index is 0.0933. The van der Waals surface area contributed by atoms with E-state index in [-0.39, 0.29) is 6.04 Å². The summed E-state index contributed by atoms with van der Waals surface area (Å²) in [7, 11) is 1.00. The maximum Gasteiger partial charge on any atom is 0.404 e. The van der Waals surface area contributed by atoms with Crippen LogP contribution >= 0.6 is 23.2 Å². The van der Waals surface area contributed by atoms with Gasteiger partial charge < -0.3 is 15.5 Å². The largest absolute Gasteiger partial charge is 0.465 e. The molecule has 0 aliphatic rings. The number of amides is 1. The Bertz CT molecular complexity index is 386. The molecule has 1 atom stereocenters. The molecule has 0 fully saturated rings. The molecule has 6 heteroatoms. The SMILES string of the molecule is CC(CCc1ccc(Cl)cc1Cl)NC(=O)O.CO. The molecule has 102 valence electrons. The molecular weight excluding hydrogens is 277 g/mol. The third-order valence-corrected chi connectivity index (χ3v) is 2.82. The molecule has 1 aromatic rings. The highest BCUT2D eigenvalue weighted by Gasteiger charge is 2.07. The molecule has 4 nitrogen and oxygen atoms in total. The Hall–Kier alpha value is -0.970. The molecule has 3 N–H and O–H groups in total. The van der Waals surface area contributed by atoms with Crippen LogP contribution in [0.2, 0.25) is 10.0 Å². The Labute approximate surface area is 117 Å². The fraction of sp³-hybridized carbons (Fsp3) is 0.417.